The maximum absolute atomic E-state index is 13.2. The third-order valence-electron chi connectivity index (χ3n) is 7.47. The van der Waals surface area contributed by atoms with Crippen molar-refractivity contribution in [1.82, 2.24) is 5.16 Å². The number of nitrogens with zero attached hydrogens (tertiary/aromatic N) is 2. The predicted octanol–water partition coefficient (Wildman–Crippen LogP) is 5.39. The highest BCUT2D eigenvalue weighted by atomic mass is 16.5. The van der Waals surface area contributed by atoms with E-state index in [1.54, 1.807) is 0 Å². The summed E-state index contributed by atoms with van der Waals surface area (Å²) in [5, 5.41) is 24.2. The van der Waals surface area contributed by atoms with Crippen LogP contribution in [0.25, 0.3) is 0 Å². The van der Waals surface area contributed by atoms with Crippen LogP contribution in [-0.4, -0.2) is 45.2 Å². The van der Waals surface area contributed by atoms with Crippen molar-refractivity contribution in [1.29, 1.82) is 0 Å². The molecule has 3 aromatic rings. The molecule has 2 aliphatic rings. The number of carbonyl (C=O) groups excluding carboxylic acids is 2. The van der Waals surface area contributed by atoms with Crippen LogP contribution in [0.3, 0.4) is 0 Å². The number of aliphatic hydroxyl groups is 1. The van der Waals surface area contributed by atoms with Gasteiger partial charge in [0.25, 0.3) is 0 Å². The first-order chi connectivity index (χ1) is 18.9. The van der Waals surface area contributed by atoms with Crippen LogP contribution in [-0.2, 0) is 22.4 Å². The van der Waals surface area contributed by atoms with Gasteiger partial charge in [-0.2, -0.15) is 0 Å². The number of hydrogen-bond acceptors (Lipinski definition) is 7. The molecular formula is C31H30N2O6. The Morgan fingerprint density at radius 3 is 2.10 bits per heavy atom. The number of allylic oxidation sites excluding steroid dienone is 2. The van der Waals surface area contributed by atoms with Crippen LogP contribution in [0.5, 0.6) is 0 Å². The molecule has 2 aliphatic carbocycles. The fourth-order valence-corrected chi connectivity index (χ4v) is 5.55. The van der Waals surface area contributed by atoms with E-state index in [4.69, 9.17) is 9.63 Å². The fourth-order valence-electron chi connectivity index (χ4n) is 5.55. The number of aliphatic imine (C=N–C) groups is 1. The summed E-state index contributed by atoms with van der Waals surface area (Å²) in [5.41, 5.74) is 3.61. The van der Waals surface area contributed by atoms with Crippen LogP contribution in [0.2, 0.25) is 0 Å². The topological polar surface area (TPSA) is 130 Å². The molecular weight excluding hydrogens is 496 g/mol. The van der Waals surface area contributed by atoms with Crippen LogP contribution in [0.1, 0.15) is 76.9 Å². The van der Waals surface area contributed by atoms with E-state index in [1.807, 2.05) is 60.7 Å². The van der Waals surface area contributed by atoms with E-state index >= 15 is 0 Å². The zero-order valence-corrected chi connectivity index (χ0v) is 21.5. The molecule has 2 aromatic carbocycles. The predicted molar refractivity (Wildman–Crippen MR) is 144 cm³/mol. The van der Waals surface area contributed by atoms with Crippen molar-refractivity contribution < 1.29 is 29.1 Å². The average molecular weight is 527 g/mol. The molecule has 1 heterocycles. The number of rotatable bonds is 8. The number of Topliss-reactive ketones (excluding diaryl/α,β-unsaturated/α-hetero) is 2. The van der Waals surface area contributed by atoms with Gasteiger partial charge in [0.15, 0.2) is 11.6 Å². The van der Waals surface area contributed by atoms with Gasteiger partial charge >= 0.3 is 5.97 Å². The van der Waals surface area contributed by atoms with Gasteiger partial charge in [-0.25, -0.2) is 0 Å². The minimum atomic E-state index is -0.981. The van der Waals surface area contributed by atoms with Gasteiger partial charge in [-0.1, -0.05) is 65.8 Å². The third kappa shape index (κ3) is 5.90. The average Bonchev–Trinajstić information content (AvgIpc) is 3.36. The molecule has 39 heavy (non-hydrogen) atoms. The summed E-state index contributed by atoms with van der Waals surface area (Å²) in [6.07, 6.45) is 1.73. The Morgan fingerprint density at radius 1 is 0.846 bits per heavy atom. The number of fused-ring (bicyclic) bond motifs is 1. The van der Waals surface area contributed by atoms with Gasteiger partial charge in [-0.05, 0) is 29.4 Å². The molecule has 2 atom stereocenters. The van der Waals surface area contributed by atoms with Gasteiger partial charge in [0.05, 0.1) is 23.3 Å². The highest BCUT2D eigenvalue weighted by molar-refractivity contribution is 6.24. The Morgan fingerprint density at radius 2 is 1.46 bits per heavy atom. The monoisotopic (exact) mass is 526 g/mol. The number of carbonyl (C=O) groups is 3. The van der Waals surface area contributed by atoms with Crippen molar-refractivity contribution >= 4 is 23.2 Å². The Hall–Kier alpha value is -4.33. The molecule has 0 amide bonds. The Kier molecular flexibility index (Phi) is 7.81. The van der Waals surface area contributed by atoms with Crippen LogP contribution in [0, 0.1) is 0 Å². The summed E-state index contributed by atoms with van der Waals surface area (Å²) in [4.78, 5) is 41.8. The van der Waals surface area contributed by atoms with E-state index in [0.29, 0.717) is 42.0 Å². The van der Waals surface area contributed by atoms with E-state index in [9.17, 15) is 19.5 Å². The lowest BCUT2D eigenvalue weighted by molar-refractivity contribution is -0.136. The summed E-state index contributed by atoms with van der Waals surface area (Å²) < 4.78 is 5.55. The second-order valence-electron chi connectivity index (χ2n) is 10.1. The van der Waals surface area contributed by atoms with Gasteiger partial charge in [0.2, 0.25) is 0 Å². The normalized spacial score (nSPS) is 21.6. The van der Waals surface area contributed by atoms with E-state index in [1.165, 1.54) is 0 Å². The minimum Gasteiger partial charge on any atom is -0.511 e. The minimum absolute atomic E-state index is 0.0180. The third-order valence-corrected chi connectivity index (χ3v) is 7.47. The quantitative estimate of drug-likeness (QED) is 0.297. The van der Waals surface area contributed by atoms with Crippen molar-refractivity contribution in [2.75, 3.05) is 6.54 Å². The number of ketones is 2. The first-order valence-corrected chi connectivity index (χ1v) is 13.2. The summed E-state index contributed by atoms with van der Waals surface area (Å²) in [6, 6.07) is 19.5. The van der Waals surface area contributed by atoms with E-state index < -0.39 is 5.97 Å². The number of aromatic nitrogens is 1. The molecule has 0 radical (unpaired) electrons. The van der Waals surface area contributed by atoms with Gasteiger partial charge in [-0.3, -0.25) is 19.4 Å². The first kappa shape index (κ1) is 26.3. The largest absolute Gasteiger partial charge is 0.511 e. The van der Waals surface area contributed by atoms with E-state index in [2.05, 4.69) is 10.1 Å². The number of aliphatic carboxylic acids is 1. The van der Waals surface area contributed by atoms with Crippen LogP contribution < -0.4 is 0 Å². The Bertz CT molecular complexity index is 1440. The summed E-state index contributed by atoms with van der Waals surface area (Å²) in [7, 11) is 0. The fraction of sp³-hybridized carbons (Fsp3) is 0.323. The molecule has 1 saturated carbocycles. The van der Waals surface area contributed by atoms with Crippen molar-refractivity contribution in [3.8, 4) is 0 Å². The number of carboxylic acids is 1. The van der Waals surface area contributed by atoms with Crippen molar-refractivity contribution in [2.24, 2.45) is 4.99 Å². The highest BCUT2D eigenvalue weighted by Crippen LogP contribution is 2.36. The lowest BCUT2D eigenvalue weighted by Gasteiger charge is -2.26. The molecule has 8 nitrogen and oxygen atoms in total. The standard InChI is InChI=1S/C31H30N2O6/c34-25(12-11-23-31-27(36)17-22(18-28(31)39-33-23)20-9-5-2-6-10-20)30-24(32-14-13-29(37)38)15-21(16-26(30)35)19-7-3-1-4-8-19/h1-10,21-22,34H,11-18H2,(H,37,38). The van der Waals surface area contributed by atoms with Crippen LogP contribution >= 0.6 is 0 Å². The first-order valence-electron chi connectivity index (χ1n) is 13.2. The molecule has 8 heteroatoms. The zero-order chi connectivity index (χ0) is 27.4. The molecule has 1 aromatic heterocycles. The molecule has 1 fully saturated rings. The number of carboxylic acid groups (broad SMARTS) is 1. The molecule has 2 unspecified atom stereocenters. The number of aliphatic hydroxyl groups excluding tert-OH is 1. The maximum Gasteiger partial charge on any atom is 0.305 e. The van der Waals surface area contributed by atoms with Gasteiger partial charge in [-0.15, -0.1) is 0 Å². The smallest absolute Gasteiger partial charge is 0.305 e. The highest BCUT2D eigenvalue weighted by Gasteiger charge is 2.34. The lowest BCUT2D eigenvalue weighted by atomic mass is 9.78. The zero-order valence-electron chi connectivity index (χ0n) is 21.5. The van der Waals surface area contributed by atoms with Crippen LogP contribution in [0.4, 0.5) is 0 Å². The molecule has 200 valence electrons. The molecule has 0 saturated heterocycles. The Labute approximate surface area is 226 Å². The second-order valence-corrected chi connectivity index (χ2v) is 10.1. The SMILES string of the molecule is O=C(O)CCN=C1CC(c2ccccc2)CC(=O)C1=C(O)CCc1noc2c1C(=O)CC(c1ccccc1)C2. The number of benzene rings is 2. The van der Waals surface area contributed by atoms with Crippen LogP contribution in [0.15, 0.2) is 81.5 Å². The maximum atomic E-state index is 13.2. The van der Waals surface area contributed by atoms with E-state index in [0.717, 1.165) is 11.1 Å². The molecule has 5 rings (SSSR count). The Balaban J connectivity index is 1.35. The second kappa shape index (κ2) is 11.6. The molecule has 2 N–H and O–H groups in total. The number of hydrogen-bond donors (Lipinski definition) is 2. The summed E-state index contributed by atoms with van der Waals surface area (Å²) >= 11 is 0. The molecule has 0 aliphatic heterocycles. The van der Waals surface area contributed by atoms with Gasteiger partial charge in [0.1, 0.15) is 11.5 Å². The molecule has 0 bridgehead atoms. The summed E-state index contributed by atoms with van der Waals surface area (Å²) in [6.45, 7) is 0.0180. The van der Waals surface area contributed by atoms with E-state index in [-0.39, 0.29) is 67.0 Å². The van der Waals surface area contributed by atoms with Crippen molar-refractivity contribution in [3.05, 3.63) is 100 Å². The van der Waals surface area contributed by atoms with Crippen molar-refractivity contribution in [2.45, 2.75) is 56.8 Å². The number of aryl methyl sites for hydroxylation is 1. The molecule has 0 spiro atoms. The summed E-state index contributed by atoms with van der Waals surface area (Å²) in [5.74, 6) is -0.887. The van der Waals surface area contributed by atoms with Gasteiger partial charge in [0, 0.05) is 44.4 Å². The van der Waals surface area contributed by atoms with Crippen molar-refractivity contribution in [3.63, 3.8) is 0 Å². The lowest BCUT2D eigenvalue weighted by Crippen LogP contribution is -2.27. The van der Waals surface area contributed by atoms with Gasteiger partial charge < -0.3 is 14.7 Å².